The molecular weight excluding hydrogens is 244 g/mol. The summed E-state index contributed by atoms with van der Waals surface area (Å²) in [6.45, 7) is 3.99. The molecule has 19 heavy (non-hydrogen) atoms. The van der Waals surface area contributed by atoms with Crippen molar-refractivity contribution in [2.75, 3.05) is 19.8 Å². The number of rotatable bonds is 1. The summed E-state index contributed by atoms with van der Waals surface area (Å²) in [7, 11) is 0. The fraction of sp³-hybridized carbons (Fsp3) is 0.462. The van der Waals surface area contributed by atoms with Crippen molar-refractivity contribution in [3.05, 3.63) is 24.0 Å². The molecular formula is C13H16N4O2. The number of hydrogen-bond donors (Lipinski definition) is 1. The van der Waals surface area contributed by atoms with Crippen molar-refractivity contribution < 1.29 is 9.53 Å². The Kier molecular flexibility index (Phi) is 3.16. The van der Waals surface area contributed by atoms with Gasteiger partial charge in [0, 0.05) is 25.4 Å². The zero-order valence-electron chi connectivity index (χ0n) is 10.8. The maximum absolute atomic E-state index is 12.7. The molecule has 3 rings (SSSR count). The van der Waals surface area contributed by atoms with Gasteiger partial charge in [0.2, 0.25) is 0 Å². The Morgan fingerprint density at radius 3 is 3.32 bits per heavy atom. The van der Waals surface area contributed by atoms with Crippen LogP contribution < -0.4 is 0 Å². The second-order valence-electron chi connectivity index (χ2n) is 4.74. The quantitative estimate of drug-likeness (QED) is 0.836. The summed E-state index contributed by atoms with van der Waals surface area (Å²) < 4.78 is 5.43. The van der Waals surface area contributed by atoms with E-state index in [1.807, 2.05) is 4.90 Å². The Balaban J connectivity index is 1.96. The SMILES string of the molecule is CC1CCOCCN1C(=O)c1ccnc2[nH]ncc12. The number of nitrogens with one attached hydrogen (secondary N) is 1. The van der Waals surface area contributed by atoms with E-state index >= 15 is 0 Å². The van der Waals surface area contributed by atoms with Gasteiger partial charge in [0.15, 0.2) is 5.65 Å². The molecule has 100 valence electrons. The number of pyridine rings is 1. The number of carbonyl (C=O) groups is 1. The van der Waals surface area contributed by atoms with Gasteiger partial charge in [-0.05, 0) is 19.4 Å². The van der Waals surface area contributed by atoms with Crippen LogP contribution in [0.3, 0.4) is 0 Å². The number of fused-ring (bicyclic) bond motifs is 1. The van der Waals surface area contributed by atoms with Crippen molar-refractivity contribution >= 4 is 16.9 Å². The standard InChI is InChI=1S/C13H16N4O2/c1-9-3-6-19-7-5-17(9)13(18)10-2-4-14-12-11(10)8-15-16-12/h2,4,8-9H,3,5-7H2,1H3,(H,14,15,16). The van der Waals surface area contributed by atoms with E-state index in [1.165, 1.54) is 0 Å². The predicted octanol–water partition coefficient (Wildman–Crippen LogP) is 1.21. The molecule has 3 heterocycles. The number of hydrogen-bond acceptors (Lipinski definition) is 4. The molecule has 1 saturated heterocycles. The fourth-order valence-corrected chi connectivity index (χ4v) is 2.39. The van der Waals surface area contributed by atoms with Gasteiger partial charge in [-0.1, -0.05) is 0 Å². The Morgan fingerprint density at radius 1 is 1.53 bits per heavy atom. The average Bonchev–Trinajstić information content (AvgIpc) is 2.80. The van der Waals surface area contributed by atoms with Gasteiger partial charge in [0.05, 0.1) is 23.8 Å². The molecule has 0 aromatic carbocycles. The first-order valence-corrected chi connectivity index (χ1v) is 6.44. The van der Waals surface area contributed by atoms with Crippen LogP contribution in [-0.2, 0) is 4.74 Å². The van der Waals surface area contributed by atoms with Crippen LogP contribution in [0, 0.1) is 0 Å². The highest BCUT2D eigenvalue weighted by molar-refractivity contribution is 6.05. The maximum atomic E-state index is 12.7. The Hall–Kier alpha value is -1.95. The Bertz CT molecular complexity index is 595. The van der Waals surface area contributed by atoms with Gasteiger partial charge in [-0.25, -0.2) is 4.98 Å². The van der Waals surface area contributed by atoms with E-state index in [0.29, 0.717) is 31.0 Å². The molecule has 1 fully saturated rings. The van der Waals surface area contributed by atoms with Crippen LogP contribution in [0.5, 0.6) is 0 Å². The monoisotopic (exact) mass is 260 g/mol. The highest BCUT2D eigenvalue weighted by Crippen LogP contribution is 2.19. The third-order valence-corrected chi connectivity index (χ3v) is 3.53. The zero-order chi connectivity index (χ0) is 13.2. The van der Waals surface area contributed by atoms with Crippen LogP contribution in [0.15, 0.2) is 18.5 Å². The number of aromatic nitrogens is 3. The lowest BCUT2D eigenvalue weighted by molar-refractivity contribution is 0.0689. The summed E-state index contributed by atoms with van der Waals surface area (Å²) in [5.41, 5.74) is 1.29. The molecule has 1 atom stereocenters. The molecule has 2 aromatic rings. The highest BCUT2D eigenvalue weighted by Gasteiger charge is 2.25. The molecule has 6 nitrogen and oxygen atoms in total. The molecule has 1 amide bonds. The molecule has 0 bridgehead atoms. The largest absolute Gasteiger partial charge is 0.380 e. The Labute approximate surface area is 110 Å². The third kappa shape index (κ3) is 2.19. The summed E-state index contributed by atoms with van der Waals surface area (Å²) in [4.78, 5) is 18.7. The summed E-state index contributed by atoms with van der Waals surface area (Å²) in [5, 5.41) is 7.50. The summed E-state index contributed by atoms with van der Waals surface area (Å²) in [6, 6.07) is 1.93. The van der Waals surface area contributed by atoms with Crippen molar-refractivity contribution in [3.8, 4) is 0 Å². The molecule has 1 unspecified atom stereocenters. The zero-order valence-corrected chi connectivity index (χ0v) is 10.8. The number of nitrogens with zero attached hydrogens (tertiary/aromatic N) is 3. The summed E-state index contributed by atoms with van der Waals surface area (Å²) >= 11 is 0. The molecule has 2 aromatic heterocycles. The highest BCUT2D eigenvalue weighted by atomic mass is 16.5. The lowest BCUT2D eigenvalue weighted by Crippen LogP contribution is -2.39. The average molecular weight is 260 g/mol. The van der Waals surface area contributed by atoms with Crippen molar-refractivity contribution in [1.29, 1.82) is 0 Å². The molecule has 6 heteroatoms. The molecule has 1 aliphatic heterocycles. The second kappa shape index (κ2) is 4.97. The lowest BCUT2D eigenvalue weighted by Gasteiger charge is -2.26. The molecule has 0 aliphatic carbocycles. The topological polar surface area (TPSA) is 71.1 Å². The van der Waals surface area contributed by atoms with Gasteiger partial charge >= 0.3 is 0 Å². The van der Waals surface area contributed by atoms with Crippen LogP contribution in [0.4, 0.5) is 0 Å². The number of amides is 1. The Morgan fingerprint density at radius 2 is 2.42 bits per heavy atom. The second-order valence-corrected chi connectivity index (χ2v) is 4.74. The minimum absolute atomic E-state index is 0.0202. The summed E-state index contributed by atoms with van der Waals surface area (Å²) in [6.07, 6.45) is 4.15. The normalized spacial score (nSPS) is 20.5. The fourth-order valence-electron chi connectivity index (χ4n) is 2.39. The first-order valence-electron chi connectivity index (χ1n) is 6.44. The van der Waals surface area contributed by atoms with E-state index < -0.39 is 0 Å². The van der Waals surface area contributed by atoms with Gasteiger partial charge < -0.3 is 9.64 Å². The molecule has 0 radical (unpaired) electrons. The van der Waals surface area contributed by atoms with Crippen molar-refractivity contribution in [3.63, 3.8) is 0 Å². The minimum atomic E-state index is 0.0202. The van der Waals surface area contributed by atoms with Gasteiger partial charge in [-0.2, -0.15) is 5.10 Å². The number of ether oxygens (including phenoxy) is 1. The molecule has 0 spiro atoms. The first-order chi connectivity index (χ1) is 9.27. The molecule has 1 N–H and O–H groups in total. The molecule has 0 saturated carbocycles. The number of aromatic amines is 1. The van der Waals surface area contributed by atoms with E-state index in [4.69, 9.17) is 4.74 Å². The number of H-pyrrole nitrogens is 1. The van der Waals surface area contributed by atoms with Crippen molar-refractivity contribution in [1.82, 2.24) is 20.1 Å². The maximum Gasteiger partial charge on any atom is 0.255 e. The minimum Gasteiger partial charge on any atom is -0.380 e. The van der Waals surface area contributed by atoms with Crippen molar-refractivity contribution in [2.45, 2.75) is 19.4 Å². The predicted molar refractivity (Wildman–Crippen MR) is 69.8 cm³/mol. The van der Waals surface area contributed by atoms with E-state index in [-0.39, 0.29) is 11.9 Å². The van der Waals surface area contributed by atoms with E-state index in [2.05, 4.69) is 22.1 Å². The van der Waals surface area contributed by atoms with Crippen LogP contribution in [-0.4, -0.2) is 51.8 Å². The van der Waals surface area contributed by atoms with E-state index in [9.17, 15) is 4.79 Å². The van der Waals surface area contributed by atoms with Crippen LogP contribution in [0.1, 0.15) is 23.7 Å². The smallest absolute Gasteiger partial charge is 0.255 e. The van der Waals surface area contributed by atoms with Crippen LogP contribution in [0.25, 0.3) is 11.0 Å². The molecule has 1 aliphatic rings. The van der Waals surface area contributed by atoms with Crippen molar-refractivity contribution in [2.24, 2.45) is 0 Å². The number of carbonyl (C=O) groups excluding carboxylic acids is 1. The van der Waals surface area contributed by atoms with Gasteiger partial charge in [0.25, 0.3) is 5.91 Å². The lowest BCUT2D eigenvalue weighted by atomic mass is 10.1. The third-order valence-electron chi connectivity index (χ3n) is 3.53. The van der Waals surface area contributed by atoms with Gasteiger partial charge in [0.1, 0.15) is 0 Å². The van der Waals surface area contributed by atoms with E-state index in [1.54, 1.807) is 18.5 Å². The van der Waals surface area contributed by atoms with Crippen LogP contribution >= 0.6 is 0 Å². The van der Waals surface area contributed by atoms with Gasteiger partial charge in [-0.15, -0.1) is 0 Å². The summed E-state index contributed by atoms with van der Waals surface area (Å²) in [5.74, 6) is 0.0202. The van der Waals surface area contributed by atoms with Gasteiger partial charge in [-0.3, -0.25) is 9.89 Å². The van der Waals surface area contributed by atoms with E-state index in [0.717, 1.165) is 11.8 Å². The van der Waals surface area contributed by atoms with Crippen LogP contribution in [0.2, 0.25) is 0 Å². The first kappa shape index (κ1) is 12.1.